The molecule has 0 N–H and O–H groups in total. The molecule has 0 heteroatoms. The monoisotopic (exact) mass is 146 g/mol. The Kier molecular flexibility index (Phi) is 2.91. The van der Waals surface area contributed by atoms with Crippen LogP contribution in [-0.2, 0) is 0 Å². The summed E-state index contributed by atoms with van der Waals surface area (Å²) in [7, 11) is 0. The second-order valence-electron chi connectivity index (χ2n) is 2.80. The summed E-state index contributed by atoms with van der Waals surface area (Å²) in [5.41, 5.74) is 3.30. The van der Waals surface area contributed by atoms with E-state index in [1.807, 2.05) is 0 Å². The molecule has 0 atom stereocenters. The van der Waals surface area contributed by atoms with E-state index in [1.54, 1.807) is 23.3 Å². The van der Waals surface area contributed by atoms with E-state index in [1.165, 1.54) is 19.3 Å². The summed E-state index contributed by atoms with van der Waals surface area (Å²) >= 11 is 0. The zero-order chi connectivity index (χ0) is 8.10. The first-order valence-electron chi connectivity index (χ1n) is 3.97. The van der Waals surface area contributed by atoms with Gasteiger partial charge in [-0.1, -0.05) is 48.6 Å². The van der Waals surface area contributed by atoms with Crippen LogP contribution < -0.4 is 0 Å². The molecule has 58 valence electrons. The van der Waals surface area contributed by atoms with E-state index in [0.29, 0.717) is 0 Å². The third-order valence-corrected chi connectivity index (χ3v) is 1.94. The van der Waals surface area contributed by atoms with Gasteiger partial charge >= 0.3 is 0 Å². The predicted molar refractivity (Wildman–Crippen MR) is 50.4 cm³/mol. The molecule has 2 aliphatic carbocycles. The summed E-state index contributed by atoms with van der Waals surface area (Å²) in [6.07, 6.45) is 11.8. The van der Waals surface area contributed by atoms with E-state index in [4.69, 9.17) is 0 Å². The van der Waals surface area contributed by atoms with Crippen molar-refractivity contribution < 1.29 is 0 Å². The third kappa shape index (κ3) is 2.23. The molecule has 2 rings (SSSR count). The first kappa shape index (κ1) is 8.06. The number of hydrogen-bond acceptors (Lipinski definition) is 0. The highest BCUT2D eigenvalue weighted by Crippen LogP contribution is 2.34. The first-order chi connectivity index (χ1) is 5.36. The lowest BCUT2D eigenvalue weighted by Gasteiger charge is -1.87. The van der Waals surface area contributed by atoms with Crippen LogP contribution in [0.15, 0.2) is 48.6 Å². The van der Waals surface area contributed by atoms with Gasteiger partial charge in [0, 0.05) is 0 Å². The molecular weight excluding hydrogens is 132 g/mol. The predicted octanol–water partition coefficient (Wildman–Crippen LogP) is 3.40. The molecule has 0 radical (unpaired) electrons. The number of rotatable bonds is 1. The van der Waals surface area contributed by atoms with E-state index in [0.717, 1.165) is 0 Å². The summed E-state index contributed by atoms with van der Waals surface area (Å²) < 4.78 is 0. The van der Waals surface area contributed by atoms with E-state index in [2.05, 4.69) is 25.3 Å². The fraction of sp³-hybridized carbons (Fsp3) is 0.273. The fourth-order valence-electron chi connectivity index (χ4n) is 1.31. The van der Waals surface area contributed by atoms with Crippen molar-refractivity contribution in [2.24, 2.45) is 0 Å². The van der Waals surface area contributed by atoms with Crippen molar-refractivity contribution in [3.8, 4) is 0 Å². The van der Waals surface area contributed by atoms with Crippen LogP contribution in [0.1, 0.15) is 19.3 Å². The van der Waals surface area contributed by atoms with Gasteiger partial charge in [0.05, 0.1) is 0 Å². The van der Waals surface area contributed by atoms with Crippen molar-refractivity contribution >= 4 is 0 Å². The lowest BCUT2D eigenvalue weighted by molar-refractivity contribution is 1.04. The van der Waals surface area contributed by atoms with Crippen LogP contribution in [0.2, 0.25) is 0 Å². The van der Waals surface area contributed by atoms with Crippen LogP contribution >= 0.6 is 0 Å². The molecular formula is C11H14. The second-order valence-corrected chi connectivity index (χ2v) is 2.80. The summed E-state index contributed by atoms with van der Waals surface area (Å²) in [5.74, 6) is 0. The molecule has 0 aromatic rings. The molecule has 0 saturated heterocycles. The quantitative estimate of drug-likeness (QED) is 0.497. The van der Waals surface area contributed by atoms with Crippen LogP contribution in [0.3, 0.4) is 0 Å². The summed E-state index contributed by atoms with van der Waals surface area (Å²) in [6.45, 7) is 6.72. The zero-order valence-electron chi connectivity index (χ0n) is 6.84. The Balaban J connectivity index is 0.000000134. The lowest BCUT2D eigenvalue weighted by atomic mass is 10.2. The van der Waals surface area contributed by atoms with Crippen molar-refractivity contribution in [3.63, 3.8) is 0 Å². The fourth-order valence-corrected chi connectivity index (χ4v) is 1.31. The molecule has 0 amide bonds. The van der Waals surface area contributed by atoms with Crippen LogP contribution in [-0.4, -0.2) is 0 Å². The van der Waals surface area contributed by atoms with Gasteiger partial charge in [-0.05, 0) is 19.3 Å². The third-order valence-electron chi connectivity index (χ3n) is 1.94. The number of fused-ring (bicyclic) bond motifs is 2. The molecule has 0 heterocycles. The molecule has 1 saturated carbocycles. The Morgan fingerprint density at radius 1 is 1.00 bits per heavy atom. The average molecular weight is 146 g/mol. The molecule has 0 spiro atoms. The Hall–Kier alpha value is -1.04. The van der Waals surface area contributed by atoms with Crippen LogP contribution in [0, 0.1) is 0 Å². The van der Waals surface area contributed by atoms with Crippen molar-refractivity contribution in [2.75, 3.05) is 0 Å². The van der Waals surface area contributed by atoms with Crippen molar-refractivity contribution in [1.82, 2.24) is 0 Å². The Morgan fingerprint density at radius 3 is 1.55 bits per heavy atom. The molecule has 2 bridgehead atoms. The topological polar surface area (TPSA) is 0 Å². The summed E-state index contributed by atoms with van der Waals surface area (Å²) in [5, 5.41) is 0. The van der Waals surface area contributed by atoms with Crippen molar-refractivity contribution in [2.45, 2.75) is 19.3 Å². The number of hydrogen-bond donors (Lipinski definition) is 0. The van der Waals surface area contributed by atoms with Crippen LogP contribution in [0.4, 0.5) is 0 Å². The number of allylic oxidation sites excluding steroid dienone is 6. The molecule has 0 nitrogen and oxygen atoms in total. The molecule has 0 aliphatic heterocycles. The first-order valence-corrected chi connectivity index (χ1v) is 3.97. The molecule has 0 unspecified atom stereocenters. The van der Waals surface area contributed by atoms with Crippen molar-refractivity contribution in [3.05, 3.63) is 48.6 Å². The van der Waals surface area contributed by atoms with Crippen LogP contribution in [0.5, 0.6) is 0 Å². The molecule has 1 fully saturated rings. The highest BCUT2D eigenvalue weighted by Gasteiger charge is 2.14. The molecule has 11 heavy (non-hydrogen) atoms. The van der Waals surface area contributed by atoms with E-state index >= 15 is 0 Å². The van der Waals surface area contributed by atoms with Gasteiger partial charge in [0.25, 0.3) is 0 Å². The van der Waals surface area contributed by atoms with Gasteiger partial charge < -0.3 is 0 Å². The summed E-state index contributed by atoms with van der Waals surface area (Å²) in [6, 6.07) is 0. The Labute approximate surface area is 68.6 Å². The van der Waals surface area contributed by atoms with E-state index in [9.17, 15) is 0 Å². The van der Waals surface area contributed by atoms with Gasteiger partial charge in [0.1, 0.15) is 0 Å². The SMILES string of the molecule is C1=C2CCC(=C1)C2.C=CC=C. The van der Waals surface area contributed by atoms with Crippen LogP contribution in [0.25, 0.3) is 0 Å². The molecule has 0 aromatic carbocycles. The maximum Gasteiger partial charge on any atom is -0.0102 e. The highest BCUT2D eigenvalue weighted by molar-refractivity contribution is 5.36. The van der Waals surface area contributed by atoms with Gasteiger partial charge in [-0.15, -0.1) is 0 Å². The van der Waals surface area contributed by atoms with Gasteiger partial charge in [-0.25, -0.2) is 0 Å². The Morgan fingerprint density at radius 2 is 1.45 bits per heavy atom. The lowest BCUT2D eigenvalue weighted by Crippen LogP contribution is -1.67. The molecule has 2 aliphatic rings. The normalized spacial score (nSPS) is 17.8. The minimum atomic E-state index is 1.31. The minimum Gasteiger partial charge on any atom is -0.0991 e. The second kappa shape index (κ2) is 3.97. The van der Waals surface area contributed by atoms with Gasteiger partial charge in [0.15, 0.2) is 0 Å². The maximum absolute atomic E-state index is 3.36. The van der Waals surface area contributed by atoms with Crippen molar-refractivity contribution in [1.29, 1.82) is 0 Å². The Bertz CT molecular complexity index is 192. The average Bonchev–Trinajstić information content (AvgIpc) is 2.67. The summed E-state index contributed by atoms with van der Waals surface area (Å²) in [4.78, 5) is 0. The largest absolute Gasteiger partial charge is 0.0991 e. The minimum absolute atomic E-state index is 1.31. The van der Waals surface area contributed by atoms with Gasteiger partial charge in [0.2, 0.25) is 0 Å². The smallest absolute Gasteiger partial charge is 0.0102 e. The highest BCUT2D eigenvalue weighted by atomic mass is 14.2. The van der Waals surface area contributed by atoms with E-state index in [-0.39, 0.29) is 0 Å². The van der Waals surface area contributed by atoms with E-state index < -0.39 is 0 Å². The van der Waals surface area contributed by atoms with Gasteiger partial charge in [-0.3, -0.25) is 0 Å². The standard InChI is InChI=1S/C7H8.C4H6/c1-2-7-4-3-6(1)5-7;1-3-4-2/h1-2H,3-5H2;3-4H,1-2H2. The zero-order valence-corrected chi connectivity index (χ0v) is 6.84. The maximum atomic E-state index is 3.36. The molecule has 0 aromatic heterocycles. The van der Waals surface area contributed by atoms with Gasteiger partial charge in [-0.2, -0.15) is 0 Å².